The highest BCUT2D eigenvalue weighted by Crippen LogP contribution is 2.31. The van der Waals surface area contributed by atoms with Crippen molar-refractivity contribution in [1.82, 2.24) is 10.6 Å². The van der Waals surface area contributed by atoms with Crippen molar-refractivity contribution in [3.8, 4) is 5.75 Å². The highest BCUT2D eigenvalue weighted by atomic mass is 16.6. The molecule has 0 spiro atoms. The van der Waals surface area contributed by atoms with Gasteiger partial charge in [0.15, 0.2) is 11.6 Å². The minimum Gasteiger partial charge on any atom is -0.497 e. The average Bonchev–Trinajstić information content (AvgIpc) is 3.75. The molecule has 2 amide bonds. The molecule has 1 aromatic rings. The molecule has 0 radical (unpaired) electrons. The van der Waals surface area contributed by atoms with Crippen molar-refractivity contribution < 1.29 is 33.8 Å². The SMILES string of the molecule is COc1ccc(CC(CC(=O)C(C)NC(=O)C2CCC(O)CC2)C(=O)NC(CC2=CCCCC2)C(=O)C2(C)CO2)cc1. The lowest BCUT2D eigenvalue weighted by molar-refractivity contribution is -0.135. The Kier molecular flexibility index (Phi) is 11.0. The maximum absolute atomic E-state index is 13.8. The van der Waals surface area contributed by atoms with Crippen LogP contribution in [0, 0.1) is 11.8 Å². The van der Waals surface area contributed by atoms with E-state index in [2.05, 4.69) is 16.7 Å². The summed E-state index contributed by atoms with van der Waals surface area (Å²) in [5.74, 6) is -1.22. The Morgan fingerprint density at radius 3 is 2.33 bits per heavy atom. The van der Waals surface area contributed by atoms with Crippen LogP contribution in [0.25, 0.3) is 0 Å². The summed E-state index contributed by atoms with van der Waals surface area (Å²) in [6, 6.07) is 5.84. The molecule has 1 aromatic carbocycles. The third kappa shape index (κ3) is 8.74. The van der Waals surface area contributed by atoms with Gasteiger partial charge in [-0.2, -0.15) is 0 Å². The molecular formula is C33H46N2O7. The number of carbonyl (C=O) groups excluding carboxylic acids is 4. The van der Waals surface area contributed by atoms with Crippen molar-refractivity contribution in [2.24, 2.45) is 11.8 Å². The largest absolute Gasteiger partial charge is 0.497 e. The van der Waals surface area contributed by atoms with E-state index >= 15 is 0 Å². The molecule has 4 atom stereocenters. The molecule has 1 aliphatic heterocycles. The molecule has 9 nitrogen and oxygen atoms in total. The van der Waals surface area contributed by atoms with Gasteiger partial charge >= 0.3 is 0 Å². The standard InChI is InChI=1S/C33H46N2O7/c1-21(34-31(39)24-11-13-26(36)14-12-24)29(37)19-25(17-23-9-15-27(41-3)16-10-23)32(40)35-28(30(38)33(2)20-42-33)18-22-7-5-4-6-8-22/h7,9-10,15-16,21,24-26,28,36H,4-6,8,11-14,17-20H2,1-3H3,(H,34,39)(H,35,40). The lowest BCUT2D eigenvalue weighted by Gasteiger charge is -2.27. The molecule has 1 heterocycles. The number of nitrogens with one attached hydrogen (secondary N) is 2. The van der Waals surface area contributed by atoms with Crippen LogP contribution < -0.4 is 15.4 Å². The molecule has 3 aliphatic rings. The maximum atomic E-state index is 13.8. The molecule has 4 rings (SSSR count). The minimum atomic E-state index is -0.886. The number of aliphatic hydroxyl groups excluding tert-OH is 1. The van der Waals surface area contributed by atoms with Crippen LogP contribution in [-0.4, -0.2) is 66.0 Å². The molecule has 230 valence electrons. The molecule has 2 fully saturated rings. The molecule has 3 N–H and O–H groups in total. The summed E-state index contributed by atoms with van der Waals surface area (Å²) >= 11 is 0. The topological polar surface area (TPSA) is 134 Å². The van der Waals surface area contributed by atoms with Crippen LogP contribution in [0.5, 0.6) is 5.75 Å². The average molecular weight is 583 g/mol. The predicted molar refractivity (Wildman–Crippen MR) is 158 cm³/mol. The molecular weight excluding hydrogens is 536 g/mol. The molecule has 4 unspecified atom stereocenters. The summed E-state index contributed by atoms with van der Waals surface area (Å²) in [6.45, 7) is 3.73. The van der Waals surface area contributed by atoms with E-state index in [0.717, 1.165) is 31.2 Å². The van der Waals surface area contributed by atoms with Crippen molar-refractivity contribution in [2.75, 3.05) is 13.7 Å². The first kappa shape index (κ1) is 31.9. The summed E-state index contributed by atoms with van der Waals surface area (Å²) in [5.41, 5.74) is 1.14. The summed E-state index contributed by atoms with van der Waals surface area (Å²) in [4.78, 5) is 53.4. The fourth-order valence-corrected chi connectivity index (χ4v) is 5.94. The molecule has 9 heteroatoms. The number of benzene rings is 1. The number of hydrogen-bond acceptors (Lipinski definition) is 7. The molecule has 1 saturated carbocycles. The second-order valence-corrected chi connectivity index (χ2v) is 12.4. The number of methoxy groups -OCH3 is 1. The Morgan fingerprint density at radius 2 is 1.74 bits per heavy atom. The van der Waals surface area contributed by atoms with Crippen LogP contribution in [0.1, 0.15) is 83.6 Å². The number of rotatable bonds is 14. The number of epoxide rings is 1. The van der Waals surface area contributed by atoms with E-state index in [1.54, 1.807) is 21.0 Å². The number of ketones is 2. The number of amides is 2. The van der Waals surface area contributed by atoms with Gasteiger partial charge in [0.2, 0.25) is 11.8 Å². The van der Waals surface area contributed by atoms with Crippen molar-refractivity contribution >= 4 is 23.4 Å². The van der Waals surface area contributed by atoms with E-state index in [4.69, 9.17) is 9.47 Å². The third-order valence-corrected chi connectivity index (χ3v) is 8.95. The van der Waals surface area contributed by atoms with E-state index in [0.29, 0.717) is 50.9 Å². The van der Waals surface area contributed by atoms with Crippen molar-refractivity contribution in [2.45, 2.75) is 108 Å². The number of hydrogen-bond donors (Lipinski definition) is 3. The van der Waals surface area contributed by atoms with Gasteiger partial charge in [0.25, 0.3) is 0 Å². The Balaban J connectivity index is 1.47. The smallest absolute Gasteiger partial charge is 0.224 e. The monoisotopic (exact) mass is 582 g/mol. The Labute approximate surface area is 248 Å². The van der Waals surface area contributed by atoms with Gasteiger partial charge in [0, 0.05) is 18.3 Å². The fourth-order valence-electron chi connectivity index (χ4n) is 5.94. The van der Waals surface area contributed by atoms with E-state index in [1.807, 2.05) is 24.3 Å². The van der Waals surface area contributed by atoms with Crippen molar-refractivity contribution in [3.05, 3.63) is 41.5 Å². The van der Waals surface area contributed by atoms with Gasteiger partial charge in [-0.3, -0.25) is 19.2 Å². The zero-order chi connectivity index (χ0) is 30.3. The number of allylic oxidation sites excluding steroid dienone is 1. The first-order valence-electron chi connectivity index (χ1n) is 15.4. The van der Waals surface area contributed by atoms with Gasteiger partial charge in [0.05, 0.1) is 31.9 Å². The molecule has 0 bridgehead atoms. The van der Waals surface area contributed by atoms with Crippen LogP contribution in [0.2, 0.25) is 0 Å². The van der Waals surface area contributed by atoms with Gasteiger partial charge in [-0.1, -0.05) is 23.8 Å². The number of ether oxygens (including phenoxy) is 2. The predicted octanol–water partition coefficient (Wildman–Crippen LogP) is 3.60. The first-order valence-corrected chi connectivity index (χ1v) is 15.4. The molecule has 2 aliphatic carbocycles. The Morgan fingerprint density at radius 1 is 1.05 bits per heavy atom. The highest BCUT2D eigenvalue weighted by molar-refractivity contribution is 5.98. The van der Waals surface area contributed by atoms with Gasteiger partial charge in [-0.15, -0.1) is 0 Å². The normalized spacial score (nSPS) is 25.8. The quantitative estimate of drug-likeness (QED) is 0.225. The van der Waals surface area contributed by atoms with E-state index in [9.17, 15) is 24.3 Å². The Bertz CT molecular complexity index is 1150. The fraction of sp³-hybridized carbons (Fsp3) is 0.636. The van der Waals surface area contributed by atoms with Crippen LogP contribution >= 0.6 is 0 Å². The van der Waals surface area contributed by atoms with Crippen molar-refractivity contribution in [3.63, 3.8) is 0 Å². The van der Waals surface area contributed by atoms with Crippen LogP contribution in [0.3, 0.4) is 0 Å². The molecule has 0 aromatic heterocycles. The number of aliphatic hydroxyl groups is 1. The lowest BCUT2D eigenvalue weighted by atomic mass is 9.86. The lowest BCUT2D eigenvalue weighted by Crippen LogP contribution is -2.49. The van der Waals surface area contributed by atoms with E-state index < -0.39 is 23.6 Å². The molecule has 1 saturated heterocycles. The van der Waals surface area contributed by atoms with Gasteiger partial charge in [-0.25, -0.2) is 0 Å². The van der Waals surface area contributed by atoms with Gasteiger partial charge < -0.3 is 25.2 Å². The highest BCUT2D eigenvalue weighted by Gasteiger charge is 2.50. The van der Waals surface area contributed by atoms with Gasteiger partial charge in [0.1, 0.15) is 11.4 Å². The summed E-state index contributed by atoms with van der Waals surface area (Å²) in [6.07, 6.45) is 8.83. The summed E-state index contributed by atoms with van der Waals surface area (Å²) in [7, 11) is 1.58. The second kappa shape index (κ2) is 14.4. The second-order valence-electron chi connectivity index (χ2n) is 12.4. The molecule has 42 heavy (non-hydrogen) atoms. The van der Waals surface area contributed by atoms with Crippen molar-refractivity contribution in [1.29, 1.82) is 0 Å². The summed E-state index contributed by atoms with van der Waals surface area (Å²) < 4.78 is 10.7. The first-order chi connectivity index (χ1) is 20.1. The van der Waals surface area contributed by atoms with E-state index in [1.165, 1.54) is 5.57 Å². The van der Waals surface area contributed by atoms with Crippen LogP contribution in [0.15, 0.2) is 35.9 Å². The minimum absolute atomic E-state index is 0.0833. The number of carbonyl (C=O) groups is 4. The number of Topliss-reactive ketones (excluding diaryl/α,β-unsaturated/α-hetero) is 2. The van der Waals surface area contributed by atoms with E-state index in [-0.39, 0.29) is 41.8 Å². The zero-order valence-electron chi connectivity index (χ0n) is 25.2. The zero-order valence-corrected chi connectivity index (χ0v) is 25.2. The summed E-state index contributed by atoms with van der Waals surface area (Å²) in [5, 5.41) is 15.6. The third-order valence-electron chi connectivity index (χ3n) is 8.95. The maximum Gasteiger partial charge on any atom is 0.224 e. The Hall–Kier alpha value is -3.04. The van der Waals surface area contributed by atoms with Crippen LogP contribution in [-0.2, 0) is 30.3 Å². The van der Waals surface area contributed by atoms with Crippen LogP contribution in [0.4, 0.5) is 0 Å². The van der Waals surface area contributed by atoms with Gasteiger partial charge in [-0.05, 0) is 95.8 Å².